The first-order valence-corrected chi connectivity index (χ1v) is 7.30. The zero-order valence-corrected chi connectivity index (χ0v) is 11.5. The summed E-state index contributed by atoms with van der Waals surface area (Å²) in [5, 5.41) is 0. The molecular formula is C16H17NO3. The normalized spacial score (nSPS) is 28.4. The van der Waals surface area contributed by atoms with Crippen LogP contribution in [0.15, 0.2) is 27.4 Å². The van der Waals surface area contributed by atoms with E-state index in [1.54, 1.807) is 19.2 Å². The highest BCUT2D eigenvalue weighted by Gasteiger charge is 2.54. The summed E-state index contributed by atoms with van der Waals surface area (Å²) in [5.74, 6) is 1.27. The minimum absolute atomic E-state index is 0.213. The lowest BCUT2D eigenvalue weighted by molar-refractivity contribution is 0.0956. The monoisotopic (exact) mass is 271 g/mol. The standard InChI is InChI=1S/C16H17NO3/c1-17-12-7-6-9(8-13(12)20-16(17)19)15(18)14-10-4-2-3-5-11(10)14/h6-8,10-11,14H,2-5H2,1H3. The van der Waals surface area contributed by atoms with Gasteiger partial charge in [-0.1, -0.05) is 12.8 Å². The van der Waals surface area contributed by atoms with Crippen LogP contribution in [0.25, 0.3) is 11.1 Å². The first-order valence-electron chi connectivity index (χ1n) is 7.30. The summed E-state index contributed by atoms with van der Waals surface area (Å²) in [5.41, 5.74) is 1.93. The molecule has 20 heavy (non-hydrogen) atoms. The third-order valence-electron chi connectivity index (χ3n) is 5.04. The number of carbonyl (C=O) groups is 1. The van der Waals surface area contributed by atoms with Gasteiger partial charge in [-0.3, -0.25) is 9.36 Å². The van der Waals surface area contributed by atoms with E-state index in [2.05, 4.69) is 0 Å². The molecule has 0 bridgehead atoms. The van der Waals surface area contributed by atoms with Gasteiger partial charge in [-0.25, -0.2) is 4.79 Å². The average Bonchev–Trinajstić information content (AvgIpc) is 3.12. The Morgan fingerprint density at radius 1 is 1.25 bits per heavy atom. The van der Waals surface area contributed by atoms with Gasteiger partial charge in [-0.05, 0) is 42.9 Å². The Kier molecular flexibility index (Phi) is 2.43. The molecule has 1 heterocycles. The second-order valence-electron chi connectivity index (χ2n) is 6.11. The Morgan fingerprint density at radius 3 is 2.65 bits per heavy atom. The molecule has 2 aromatic rings. The third-order valence-corrected chi connectivity index (χ3v) is 5.04. The molecule has 1 aromatic heterocycles. The number of fused-ring (bicyclic) bond motifs is 2. The van der Waals surface area contributed by atoms with Crippen LogP contribution in [0.1, 0.15) is 36.0 Å². The number of ketones is 1. The topological polar surface area (TPSA) is 52.2 Å². The minimum Gasteiger partial charge on any atom is -0.408 e. The Hall–Kier alpha value is -1.84. The molecule has 2 unspecified atom stereocenters. The van der Waals surface area contributed by atoms with E-state index in [1.165, 1.54) is 30.3 Å². The predicted molar refractivity (Wildman–Crippen MR) is 74.7 cm³/mol. The van der Waals surface area contributed by atoms with Crippen LogP contribution < -0.4 is 5.76 Å². The van der Waals surface area contributed by atoms with E-state index < -0.39 is 0 Å². The SMILES string of the molecule is Cn1c(=O)oc2cc(C(=O)C3C4CCCCC43)ccc21. The Labute approximate surface area is 116 Å². The van der Waals surface area contributed by atoms with E-state index in [-0.39, 0.29) is 17.5 Å². The summed E-state index contributed by atoms with van der Waals surface area (Å²) in [6.07, 6.45) is 4.92. The number of rotatable bonds is 2. The maximum atomic E-state index is 12.6. The molecular weight excluding hydrogens is 254 g/mol. The zero-order chi connectivity index (χ0) is 13.9. The number of hydrogen-bond donors (Lipinski definition) is 0. The van der Waals surface area contributed by atoms with Crippen LogP contribution in [0.5, 0.6) is 0 Å². The molecule has 0 saturated heterocycles. The molecule has 4 heteroatoms. The Balaban J connectivity index is 1.68. The quantitative estimate of drug-likeness (QED) is 0.789. The molecule has 0 spiro atoms. The lowest BCUT2D eigenvalue weighted by Gasteiger charge is -2.04. The van der Waals surface area contributed by atoms with Gasteiger partial charge in [0.05, 0.1) is 5.52 Å². The molecule has 4 nitrogen and oxygen atoms in total. The molecule has 1 aromatic carbocycles. The number of benzene rings is 1. The van der Waals surface area contributed by atoms with Crippen molar-refractivity contribution in [2.45, 2.75) is 25.7 Å². The van der Waals surface area contributed by atoms with E-state index in [1.807, 2.05) is 6.07 Å². The van der Waals surface area contributed by atoms with Crippen molar-refractivity contribution in [1.82, 2.24) is 4.57 Å². The summed E-state index contributed by atoms with van der Waals surface area (Å²) >= 11 is 0. The van der Waals surface area contributed by atoms with Gasteiger partial charge in [-0.2, -0.15) is 0 Å². The summed E-state index contributed by atoms with van der Waals surface area (Å²) in [6, 6.07) is 5.35. The fourth-order valence-corrected chi connectivity index (χ4v) is 3.86. The molecule has 104 valence electrons. The van der Waals surface area contributed by atoms with Crippen LogP contribution >= 0.6 is 0 Å². The van der Waals surface area contributed by atoms with E-state index in [4.69, 9.17) is 4.42 Å². The number of hydrogen-bond acceptors (Lipinski definition) is 3. The van der Waals surface area contributed by atoms with Crippen LogP contribution in [-0.2, 0) is 7.05 Å². The molecule has 0 aliphatic heterocycles. The Bertz CT molecular complexity index is 743. The Morgan fingerprint density at radius 2 is 1.95 bits per heavy atom. The van der Waals surface area contributed by atoms with Crippen LogP contribution in [0.3, 0.4) is 0 Å². The maximum Gasteiger partial charge on any atom is 0.419 e. The molecule has 0 amide bonds. The van der Waals surface area contributed by atoms with Crippen LogP contribution in [0, 0.1) is 17.8 Å². The van der Waals surface area contributed by atoms with Gasteiger partial charge in [0, 0.05) is 18.5 Å². The fraction of sp³-hybridized carbons (Fsp3) is 0.500. The summed E-state index contributed by atoms with van der Waals surface area (Å²) in [7, 11) is 1.67. The van der Waals surface area contributed by atoms with Gasteiger partial charge in [0.1, 0.15) is 0 Å². The highest BCUT2D eigenvalue weighted by atomic mass is 16.4. The summed E-state index contributed by atoms with van der Waals surface area (Å²) in [6.45, 7) is 0. The van der Waals surface area contributed by atoms with Crippen molar-refractivity contribution in [3.8, 4) is 0 Å². The minimum atomic E-state index is -0.385. The predicted octanol–water partition coefficient (Wildman–Crippen LogP) is 2.75. The molecule has 2 aliphatic rings. The van der Waals surface area contributed by atoms with Crippen molar-refractivity contribution in [3.63, 3.8) is 0 Å². The van der Waals surface area contributed by atoms with Crippen molar-refractivity contribution in [2.75, 3.05) is 0 Å². The van der Waals surface area contributed by atoms with Gasteiger partial charge in [0.15, 0.2) is 11.4 Å². The van der Waals surface area contributed by atoms with Crippen LogP contribution in [0.4, 0.5) is 0 Å². The first-order chi connectivity index (χ1) is 9.66. The smallest absolute Gasteiger partial charge is 0.408 e. The number of aromatic nitrogens is 1. The average molecular weight is 271 g/mol. The van der Waals surface area contributed by atoms with Gasteiger partial charge < -0.3 is 4.42 Å². The maximum absolute atomic E-state index is 12.6. The molecule has 2 fully saturated rings. The van der Waals surface area contributed by atoms with Crippen molar-refractivity contribution in [3.05, 3.63) is 34.3 Å². The second-order valence-corrected chi connectivity index (χ2v) is 6.11. The molecule has 2 aliphatic carbocycles. The largest absolute Gasteiger partial charge is 0.419 e. The molecule has 2 atom stereocenters. The van der Waals surface area contributed by atoms with E-state index in [0.29, 0.717) is 23.0 Å². The van der Waals surface area contributed by atoms with E-state index in [0.717, 1.165) is 5.52 Å². The van der Waals surface area contributed by atoms with E-state index >= 15 is 0 Å². The van der Waals surface area contributed by atoms with Gasteiger partial charge in [0.2, 0.25) is 0 Å². The summed E-state index contributed by atoms with van der Waals surface area (Å²) < 4.78 is 6.62. The van der Waals surface area contributed by atoms with Gasteiger partial charge in [0.25, 0.3) is 0 Å². The first kappa shape index (κ1) is 11.9. The number of nitrogens with zero attached hydrogens (tertiary/aromatic N) is 1. The van der Waals surface area contributed by atoms with Crippen molar-refractivity contribution < 1.29 is 9.21 Å². The third kappa shape index (κ3) is 1.60. The summed E-state index contributed by atoms with van der Waals surface area (Å²) in [4.78, 5) is 24.1. The molecule has 0 radical (unpaired) electrons. The lowest BCUT2D eigenvalue weighted by Crippen LogP contribution is -2.08. The highest BCUT2D eigenvalue weighted by molar-refractivity contribution is 6.02. The lowest BCUT2D eigenvalue weighted by atomic mass is 10.0. The zero-order valence-electron chi connectivity index (χ0n) is 11.5. The molecule has 2 saturated carbocycles. The number of oxazole rings is 1. The number of Topliss-reactive ketones (excluding diaryl/α,β-unsaturated/α-hetero) is 1. The second kappa shape index (κ2) is 4.08. The number of carbonyl (C=O) groups excluding carboxylic acids is 1. The molecule has 4 rings (SSSR count). The van der Waals surface area contributed by atoms with Crippen LogP contribution in [-0.4, -0.2) is 10.4 Å². The fourth-order valence-electron chi connectivity index (χ4n) is 3.86. The van der Waals surface area contributed by atoms with Gasteiger partial charge in [-0.15, -0.1) is 0 Å². The molecule has 0 N–H and O–H groups in total. The van der Waals surface area contributed by atoms with E-state index in [9.17, 15) is 9.59 Å². The number of aryl methyl sites for hydroxylation is 1. The van der Waals surface area contributed by atoms with Gasteiger partial charge >= 0.3 is 5.76 Å². The highest BCUT2D eigenvalue weighted by Crippen LogP contribution is 2.56. The van der Waals surface area contributed by atoms with Crippen molar-refractivity contribution in [2.24, 2.45) is 24.8 Å². The van der Waals surface area contributed by atoms with Crippen LogP contribution in [0.2, 0.25) is 0 Å². The van der Waals surface area contributed by atoms with Crippen molar-refractivity contribution in [1.29, 1.82) is 0 Å². The van der Waals surface area contributed by atoms with Crippen molar-refractivity contribution >= 4 is 16.9 Å².